The number of nitrogens with zero attached hydrogens (tertiary/aromatic N) is 2. The summed E-state index contributed by atoms with van der Waals surface area (Å²) < 4.78 is 0. The summed E-state index contributed by atoms with van der Waals surface area (Å²) in [6.45, 7) is 7.97. The molecule has 1 unspecified atom stereocenters. The van der Waals surface area contributed by atoms with E-state index in [0.717, 1.165) is 19.0 Å². The van der Waals surface area contributed by atoms with Crippen molar-refractivity contribution in [3.05, 3.63) is 35.9 Å². The Labute approximate surface area is 130 Å². The van der Waals surface area contributed by atoms with Gasteiger partial charge in [-0.15, -0.1) is 0 Å². The van der Waals surface area contributed by atoms with E-state index in [1.54, 1.807) is 0 Å². The van der Waals surface area contributed by atoms with Gasteiger partial charge in [0.2, 0.25) is 0 Å². The van der Waals surface area contributed by atoms with E-state index in [1.807, 2.05) is 0 Å². The van der Waals surface area contributed by atoms with Crippen LogP contribution in [-0.4, -0.2) is 56.6 Å². The Hall–Kier alpha value is -0.900. The zero-order chi connectivity index (χ0) is 15.1. The fourth-order valence-electron chi connectivity index (χ4n) is 3.38. The Bertz CT molecular complexity index is 383. The van der Waals surface area contributed by atoms with Gasteiger partial charge in [-0.1, -0.05) is 37.3 Å². The molecule has 1 aliphatic rings. The summed E-state index contributed by atoms with van der Waals surface area (Å²) in [6, 6.07) is 11.5. The van der Waals surface area contributed by atoms with Gasteiger partial charge >= 0.3 is 0 Å². The standard InChI is InChI=1S/C18H31N3/c1-4-19-14-18(17-8-6-5-7-9-17)21-12-10-16(11-13-21)15-20(2)3/h5-9,16,18-19H,4,10-15H2,1-3H3. The van der Waals surface area contributed by atoms with E-state index in [4.69, 9.17) is 0 Å². The molecule has 1 N–H and O–H groups in total. The van der Waals surface area contributed by atoms with E-state index >= 15 is 0 Å². The van der Waals surface area contributed by atoms with Gasteiger partial charge in [-0.3, -0.25) is 4.90 Å². The average molecular weight is 289 g/mol. The normalized spacial score (nSPS) is 19.0. The lowest BCUT2D eigenvalue weighted by Gasteiger charge is -2.38. The van der Waals surface area contributed by atoms with E-state index in [-0.39, 0.29) is 0 Å². The molecule has 1 fully saturated rings. The first-order chi connectivity index (χ1) is 10.2. The number of rotatable bonds is 7. The van der Waals surface area contributed by atoms with Gasteiger partial charge in [0.25, 0.3) is 0 Å². The largest absolute Gasteiger partial charge is 0.315 e. The van der Waals surface area contributed by atoms with E-state index < -0.39 is 0 Å². The number of benzene rings is 1. The highest BCUT2D eigenvalue weighted by atomic mass is 15.2. The highest BCUT2D eigenvalue weighted by Crippen LogP contribution is 2.26. The third-order valence-electron chi connectivity index (χ3n) is 4.49. The van der Waals surface area contributed by atoms with Gasteiger partial charge in [0.15, 0.2) is 0 Å². The number of hydrogen-bond acceptors (Lipinski definition) is 3. The van der Waals surface area contributed by atoms with Crippen LogP contribution in [0.5, 0.6) is 0 Å². The van der Waals surface area contributed by atoms with Crippen LogP contribution in [-0.2, 0) is 0 Å². The number of nitrogens with one attached hydrogen (secondary N) is 1. The molecule has 21 heavy (non-hydrogen) atoms. The van der Waals surface area contributed by atoms with Gasteiger partial charge < -0.3 is 10.2 Å². The predicted molar refractivity (Wildman–Crippen MR) is 90.6 cm³/mol. The number of hydrogen-bond donors (Lipinski definition) is 1. The Morgan fingerprint density at radius 3 is 2.43 bits per heavy atom. The molecule has 0 aliphatic carbocycles. The Kier molecular flexibility index (Phi) is 6.68. The first-order valence-corrected chi connectivity index (χ1v) is 8.35. The second-order valence-electron chi connectivity index (χ2n) is 6.48. The fourth-order valence-corrected chi connectivity index (χ4v) is 3.38. The molecule has 3 nitrogen and oxygen atoms in total. The van der Waals surface area contributed by atoms with Crippen LogP contribution in [0.4, 0.5) is 0 Å². The molecule has 0 radical (unpaired) electrons. The van der Waals surface area contributed by atoms with Crippen molar-refractivity contribution in [3.8, 4) is 0 Å². The second kappa shape index (κ2) is 8.52. The molecular weight excluding hydrogens is 258 g/mol. The first kappa shape index (κ1) is 16.5. The molecule has 1 atom stereocenters. The molecule has 1 heterocycles. The monoisotopic (exact) mass is 289 g/mol. The molecule has 2 rings (SSSR count). The van der Waals surface area contributed by atoms with Crippen LogP contribution in [0.15, 0.2) is 30.3 Å². The summed E-state index contributed by atoms with van der Waals surface area (Å²) >= 11 is 0. The van der Waals surface area contributed by atoms with Crippen molar-refractivity contribution >= 4 is 0 Å². The van der Waals surface area contributed by atoms with Gasteiger partial charge in [-0.05, 0) is 58.1 Å². The van der Waals surface area contributed by atoms with Crippen molar-refractivity contribution in [1.29, 1.82) is 0 Å². The van der Waals surface area contributed by atoms with E-state index in [0.29, 0.717) is 6.04 Å². The van der Waals surface area contributed by atoms with Crippen molar-refractivity contribution < 1.29 is 0 Å². The van der Waals surface area contributed by atoms with Crippen molar-refractivity contribution in [3.63, 3.8) is 0 Å². The third-order valence-corrected chi connectivity index (χ3v) is 4.49. The van der Waals surface area contributed by atoms with Crippen LogP contribution in [0.3, 0.4) is 0 Å². The molecule has 0 amide bonds. The number of likely N-dealkylation sites (N-methyl/N-ethyl adjacent to an activating group) is 1. The lowest BCUT2D eigenvalue weighted by atomic mass is 9.93. The minimum Gasteiger partial charge on any atom is -0.315 e. The maximum atomic E-state index is 3.54. The maximum Gasteiger partial charge on any atom is 0.0472 e. The van der Waals surface area contributed by atoms with Crippen molar-refractivity contribution in [2.45, 2.75) is 25.8 Å². The summed E-state index contributed by atoms with van der Waals surface area (Å²) in [5.41, 5.74) is 1.45. The second-order valence-corrected chi connectivity index (χ2v) is 6.48. The molecule has 1 saturated heterocycles. The molecule has 1 aromatic rings. The highest BCUT2D eigenvalue weighted by Gasteiger charge is 2.25. The number of likely N-dealkylation sites (tertiary alicyclic amines) is 1. The van der Waals surface area contributed by atoms with Crippen LogP contribution >= 0.6 is 0 Å². The fraction of sp³-hybridized carbons (Fsp3) is 0.667. The Morgan fingerprint density at radius 2 is 1.86 bits per heavy atom. The molecule has 0 spiro atoms. The van der Waals surface area contributed by atoms with Crippen molar-refractivity contribution in [1.82, 2.24) is 15.1 Å². The van der Waals surface area contributed by atoms with Gasteiger partial charge in [-0.25, -0.2) is 0 Å². The molecule has 0 bridgehead atoms. The van der Waals surface area contributed by atoms with E-state index in [9.17, 15) is 0 Å². The van der Waals surface area contributed by atoms with Crippen molar-refractivity contribution in [2.75, 3.05) is 46.8 Å². The highest BCUT2D eigenvalue weighted by molar-refractivity contribution is 5.19. The summed E-state index contributed by atoms with van der Waals surface area (Å²) in [7, 11) is 4.37. The molecular formula is C18H31N3. The molecule has 0 aromatic heterocycles. The maximum absolute atomic E-state index is 3.54. The molecule has 3 heteroatoms. The first-order valence-electron chi connectivity index (χ1n) is 8.35. The molecule has 1 aromatic carbocycles. The summed E-state index contributed by atoms with van der Waals surface area (Å²) in [4.78, 5) is 5.00. The average Bonchev–Trinajstić information content (AvgIpc) is 2.50. The zero-order valence-electron chi connectivity index (χ0n) is 13.9. The minimum absolute atomic E-state index is 0.520. The van der Waals surface area contributed by atoms with Gasteiger partial charge in [-0.2, -0.15) is 0 Å². The third kappa shape index (κ3) is 5.10. The summed E-state index contributed by atoms with van der Waals surface area (Å²) in [6.07, 6.45) is 2.65. The zero-order valence-corrected chi connectivity index (χ0v) is 13.9. The topological polar surface area (TPSA) is 18.5 Å². The summed E-state index contributed by atoms with van der Waals surface area (Å²) in [5, 5.41) is 3.54. The van der Waals surface area contributed by atoms with Crippen LogP contribution in [0.1, 0.15) is 31.4 Å². The smallest absolute Gasteiger partial charge is 0.0472 e. The lowest BCUT2D eigenvalue weighted by Crippen LogP contribution is -2.42. The van der Waals surface area contributed by atoms with Gasteiger partial charge in [0.05, 0.1) is 0 Å². The molecule has 1 aliphatic heterocycles. The SMILES string of the molecule is CCNCC(c1ccccc1)N1CCC(CN(C)C)CC1. The Morgan fingerprint density at radius 1 is 1.19 bits per heavy atom. The Balaban J connectivity index is 1.96. The predicted octanol–water partition coefficient (Wildman–Crippen LogP) is 2.61. The van der Waals surface area contributed by atoms with Gasteiger partial charge in [0.1, 0.15) is 0 Å². The van der Waals surface area contributed by atoms with Crippen molar-refractivity contribution in [2.24, 2.45) is 5.92 Å². The van der Waals surface area contributed by atoms with Crippen LogP contribution in [0.2, 0.25) is 0 Å². The van der Waals surface area contributed by atoms with Gasteiger partial charge in [0, 0.05) is 19.1 Å². The minimum atomic E-state index is 0.520. The van der Waals surface area contributed by atoms with Crippen LogP contribution < -0.4 is 5.32 Å². The quantitative estimate of drug-likeness (QED) is 0.832. The van der Waals surface area contributed by atoms with Crippen LogP contribution in [0.25, 0.3) is 0 Å². The number of piperidine rings is 1. The van der Waals surface area contributed by atoms with Crippen LogP contribution in [0, 0.1) is 5.92 Å². The van der Waals surface area contributed by atoms with E-state index in [2.05, 4.69) is 66.5 Å². The lowest BCUT2D eigenvalue weighted by molar-refractivity contribution is 0.118. The summed E-state index contributed by atoms with van der Waals surface area (Å²) in [5.74, 6) is 0.867. The molecule has 0 saturated carbocycles. The molecule has 118 valence electrons. The van der Waals surface area contributed by atoms with E-state index in [1.165, 1.54) is 38.0 Å².